The molecule has 418 valence electrons. The van der Waals surface area contributed by atoms with Crippen molar-refractivity contribution in [1.82, 2.24) is 0 Å². The van der Waals surface area contributed by atoms with E-state index in [0.29, 0.717) is 29.2 Å². The molecule has 0 bridgehead atoms. The molecule has 6 aromatic carbocycles. The molecule has 0 radical (unpaired) electrons. The zero-order chi connectivity index (χ0) is 57.4. The summed E-state index contributed by atoms with van der Waals surface area (Å²) in [5.74, 6) is 1.50. The third kappa shape index (κ3) is 18.7. The van der Waals surface area contributed by atoms with Gasteiger partial charge in [-0.25, -0.2) is 0 Å². The molecule has 0 heterocycles. The fourth-order valence-corrected chi connectivity index (χ4v) is 9.78. The summed E-state index contributed by atoms with van der Waals surface area (Å²) < 4.78 is 0. The summed E-state index contributed by atoms with van der Waals surface area (Å²) in [6.07, 6.45) is 17.0. The van der Waals surface area contributed by atoms with Gasteiger partial charge in [0.15, 0.2) is 34.5 Å². The Kier molecular flexibility index (Phi) is 24.7. The first kappa shape index (κ1) is 62.0. The molecule has 12 nitrogen and oxygen atoms in total. The molecule has 12 heteroatoms. The average molecular weight is 1080 g/mol. The van der Waals surface area contributed by atoms with Crippen LogP contribution in [0.1, 0.15) is 193 Å². The van der Waals surface area contributed by atoms with Gasteiger partial charge in [0.2, 0.25) is 32.6 Å². The quantitative estimate of drug-likeness (QED) is 0.0878. The lowest BCUT2D eigenvalue weighted by Crippen LogP contribution is -2.10. The molecule has 79 heavy (non-hydrogen) atoms. The number of hydrogen-bond acceptors (Lipinski definition) is 12. The minimum Gasteiger partial charge on any atom is -0.504 e. The van der Waals surface area contributed by atoms with Crippen LogP contribution in [-0.4, -0.2) is 30.6 Å². The third-order valence-electron chi connectivity index (χ3n) is 15.0. The first-order valence-electron chi connectivity index (χ1n) is 27.9. The van der Waals surface area contributed by atoms with Gasteiger partial charge in [-0.2, -0.15) is 0 Å². The summed E-state index contributed by atoms with van der Waals surface area (Å²) in [6, 6.07) is 40.1. The van der Waals surface area contributed by atoms with Gasteiger partial charge in [-0.05, 0) is 130 Å². The first-order valence-corrected chi connectivity index (χ1v) is 27.9. The van der Waals surface area contributed by atoms with Crippen LogP contribution in [0.15, 0.2) is 174 Å². The molecule has 1 atom stereocenters. The largest absolute Gasteiger partial charge is 0.504 e. The number of rotatable bonds is 7. The maximum Gasteiger partial charge on any atom is 0.220 e. The number of aromatic hydroxyl groups is 6. The summed E-state index contributed by atoms with van der Waals surface area (Å²) in [5.41, 5.74) is 3.03. The van der Waals surface area contributed by atoms with Crippen molar-refractivity contribution < 1.29 is 30.6 Å². The molecule has 6 aromatic rings. The maximum absolute atomic E-state index is 11.4. The summed E-state index contributed by atoms with van der Waals surface area (Å²) in [4.78, 5) is 67.4. The van der Waals surface area contributed by atoms with Gasteiger partial charge in [-0.1, -0.05) is 175 Å². The minimum atomic E-state index is -0.316. The highest BCUT2D eigenvalue weighted by Crippen LogP contribution is 2.43. The van der Waals surface area contributed by atoms with Crippen molar-refractivity contribution in [3.63, 3.8) is 0 Å². The van der Waals surface area contributed by atoms with Gasteiger partial charge in [0.1, 0.15) is 0 Å². The summed E-state index contributed by atoms with van der Waals surface area (Å²) in [5, 5.41) is 57.5. The molecule has 10 rings (SSSR count). The third-order valence-corrected chi connectivity index (χ3v) is 15.0. The zero-order valence-electron chi connectivity index (χ0n) is 46.1. The van der Waals surface area contributed by atoms with Crippen molar-refractivity contribution in [2.45, 2.75) is 160 Å². The Bertz CT molecular complexity index is 3180. The summed E-state index contributed by atoms with van der Waals surface area (Å²) in [7, 11) is 0. The van der Waals surface area contributed by atoms with Crippen LogP contribution in [0, 0.1) is 0 Å². The first-order chi connectivity index (χ1) is 37.9. The van der Waals surface area contributed by atoms with Gasteiger partial charge in [-0.3, -0.25) is 28.8 Å². The molecule has 6 N–H and O–H groups in total. The normalized spacial score (nSPS) is 15.2. The van der Waals surface area contributed by atoms with Crippen molar-refractivity contribution in [3.8, 4) is 34.5 Å². The fourth-order valence-electron chi connectivity index (χ4n) is 9.78. The Morgan fingerprint density at radius 1 is 0.316 bits per heavy atom. The lowest BCUT2D eigenvalue weighted by atomic mass is 9.80. The lowest BCUT2D eigenvalue weighted by molar-refractivity contribution is 0.392. The molecule has 4 fully saturated rings. The van der Waals surface area contributed by atoms with Crippen LogP contribution < -0.4 is 32.6 Å². The van der Waals surface area contributed by atoms with Gasteiger partial charge in [0, 0.05) is 33.4 Å². The second kappa shape index (κ2) is 31.5. The molecular formula is C67H78O12. The molecule has 0 spiro atoms. The van der Waals surface area contributed by atoms with Crippen LogP contribution >= 0.6 is 0 Å². The van der Waals surface area contributed by atoms with E-state index in [9.17, 15) is 59.4 Å². The van der Waals surface area contributed by atoms with Crippen LogP contribution in [0.5, 0.6) is 34.5 Å². The molecule has 0 aromatic heterocycles. The monoisotopic (exact) mass is 1070 g/mol. The van der Waals surface area contributed by atoms with Crippen molar-refractivity contribution >= 4 is 0 Å². The van der Waals surface area contributed by atoms with Gasteiger partial charge in [0.25, 0.3) is 0 Å². The van der Waals surface area contributed by atoms with E-state index in [-0.39, 0.29) is 78.9 Å². The molecule has 0 saturated heterocycles. The van der Waals surface area contributed by atoms with E-state index in [2.05, 4.69) is 0 Å². The van der Waals surface area contributed by atoms with Gasteiger partial charge < -0.3 is 30.6 Å². The minimum absolute atomic E-state index is 0.0492. The van der Waals surface area contributed by atoms with Crippen LogP contribution in [0.2, 0.25) is 0 Å². The second-order valence-electron chi connectivity index (χ2n) is 21.0. The van der Waals surface area contributed by atoms with E-state index in [1.807, 2.05) is 70.2 Å². The van der Waals surface area contributed by atoms with E-state index in [0.717, 1.165) is 85.6 Å². The number of hydrogen-bond donors (Lipinski definition) is 6. The molecule has 4 aliphatic rings. The predicted molar refractivity (Wildman–Crippen MR) is 315 cm³/mol. The van der Waals surface area contributed by atoms with Gasteiger partial charge in [0.05, 0.1) is 0 Å². The van der Waals surface area contributed by atoms with Crippen LogP contribution in [0.4, 0.5) is 0 Å². The SMILES string of the molecule is CC(C)c1ccccc(=O)c1O.CCC(C)c1ccccc(=O)c1O.O=c1ccccc(C2CC2)c1O.O=c1ccccc(C2CCC2)c1O.O=c1ccccc(C2CCCC2)c1O.O=c1ccccc(C2CCCCC2)c1O. The maximum atomic E-state index is 11.4. The molecule has 0 amide bonds. The van der Waals surface area contributed by atoms with Crippen molar-refractivity contribution in [3.05, 3.63) is 240 Å². The Hall–Kier alpha value is -7.86. The Morgan fingerprint density at radius 2 is 0.557 bits per heavy atom. The second-order valence-corrected chi connectivity index (χ2v) is 21.0. The van der Waals surface area contributed by atoms with Crippen molar-refractivity contribution in [2.75, 3.05) is 0 Å². The van der Waals surface area contributed by atoms with Crippen molar-refractivity contribution in [2.24, 2.45) is 0 Å². The average Bonchev–Trinajstić information content (AvgIpc) is 4.29. The predicted octanol–water partition coefficient (Wildman–Crippen LogP) is 13.0. The zero-order valence-corrected chi connectivity index (χ0v) is 46.1. The molecular weight excluding hydrogens is 997 g/mol. The lowest BCUT2D eigenvalue weighted by Gasteiger charge is -2.25. The van der Waals surface area contributed by atoms with Crippen molar-refractivity contribution in [1.29, 1.82) is 0 Å². The highest BCUT2D eigenvalue weighted by molar-refractivity contribution is 5.39. The van der Waals surface area contributed by atoms with Gasteiger partial charge >= 0.3 is 0 Å². The standard InChI is InChI=1S/C13H16O2.C12H14O2.C11H12O2.C11H14O2.C10H10O2.C10H12O2/c14-12-9-5-4-8-11(13(12)15)10-6-2-1-3-7-10;13-11-8-4-3-7-10(12(11)14)9-5-1-2-6-9;12-10-7-2-1-6-9(11(10)13)8-4-3-5-8;1-3-8(2)9-6-4-5-7-10(12)11(9)13;11-9-4-2-1-3-8(10(9)12)7-5-6-7;1-7(2)8-5-3-4-6-9(11)10(8)12/h4-5,8-10H,1-3,6-7H2,(H,14,15);3-4,7-9H,1-2,5-6H2,(H,13,14);1-2,6-8H,3-5H2,(H,12,13);4-8H,3H2,1-2H3,(H,12,13);1-4,7H,5-6H2,(H,11,12);3-7H,1-2H3,(H,11,12). The molecule has 4 aliphatic carbocycles. The molecule has 4 saturated carbocycles. The molecule has 1 unspecified atom stereocenters. The highest BCUT2D eigenvalue weighted by Gasteiger charge is 2.27. The van der Waals surface area contributed by atoms with E-state index >= 15 is 0 Å². The van der Waals surface area contributed by atoms with E-state index in [1.54, 1.807) is 66.7 Å². The van der Waals surface area contributed by atoms with E-state index < -0.39 is 0 Å². The highest BCUT2D eigenvalue weighted by atomic mass is 16.3. The molecule has 0 aliphatic heterocycles. The van der Waals surface area contributed by atoms with E-state index in [1.165, 1.54) is 74.9 Å². The Labute approximate surface area is 463 Å². The fraction of sp³-hybridized carbons (Fsp3) is 0.373. The Balaban J connectivity index is 0.000000175. The van der Waals surface area contributed by atoms with Gasteiger partial charge in [-0.15, -0.1) is 0 Å². The van der Waals surface area contributed by atoms with Crippen LogP contribution in [-0.2, 0) is 0 Å². The smallest absolute Gasteiger partial charge is 0.220 e. The Morgan fingerprint density at radius 3 is 0.835 bits per heavy atom. The summed E-state index contributed by atoms with van der Waals surface area (Å²) >= 11 is 0. The summed E-state index contributed by atoms with van der Waals surface area (Å²) in [6.45, 7) is 7.90. The van der Waals surface area contributed by atoms with E-state index in [4.69, 9.17) is 0 Å². The van der Waals surface area contributed by atoms with Crippen LogP contribution in [0.3, 0.4) is 0 Å². The van der Waals surface area contributed by atoms with Crippen LogP contribution in [0.25, 0.3) is 0 Å². The topological polar surface area (TPSA) is 224 Å².